The van der Waals surface area contributed by atoms with Crippen molar-refractivity contribution in [1.82, 2.24) is 16.0 Å². The molecule has 0 aliphatic rings. The molecule has 0 aromatic heterocycles. The fourth-order valence-electron chi connectivity index (χ4n) is 2.43. The van der Waals surface area contributed by atoms with Crippen LogP contribution in [0.3, 0.4) is 0 Å². The van der Waals surface area contributed by atoms with Gasteiger partial charge in [-0.05, 0) is 65.7 Å². The Morgan fingerprint density at radius 1 is 0.952 bits per heavy atom. The Labute approximate surface area is 129 Å². The van der Waals surface area contributed by atoms with Crippen LogP contribution in [0.2, 0.25) is 0 Å². The number of hydrogen-bond acceptors (Lipinski definition) is 4. The molecule has 21 heavy (non-hydrogen) atoms. The van der Waals surface area contributed by atoms with E-state index < -0.39 is 0 Å². The molecule has 0 aromatic carbocycles. The van der Waals surface area contributed by atoms with Crippen LogP contribution in [-0.2, 0) is 9.59 Å². The van der Waals surface area contributed by atoms with Gasteiger partial charge in [-0.3, -0.25) is 9.59 Å². The average Bonchev–Trinajstić information content (AvgIpc) is 2.38. The van der Waals surface area contributed by atoms with Gasteiger partial charge in [0.2, 0.25) is 5.91 Å². The highest BCUT2D eigenvalue weighted by Crippen LogP contribution is 2.11. The van der Waals surface area contributed by atoms with Crippen LogP contribution in [0.25, 0.3) is 0 Å². The molecule has 0 aromatic rings. The largest absolute Gasteiger partial charge is 0.353 e. The smallest absolute Gasteiger partial charge is 0.220 e. The molecule has 0 aliphatic carbocycles. The summed E-state index contributed by atoms with van der Waals surface area (Å²) in [4.78, 5) is 23.3. The third-order valence-corrected chi connectivity index (χ3v) is 3.54. The van der Waals surface area contributed by atoms with E-state index in [-0.39, 0.29) is 17.7 Å². The highest BCUT2D eigenvalue weighted by molar-refractivity contribution is 5.79. The molecule has 0 radical (unpaired) electrons. The Morgan fingerprint density at radius 2 is 1.52 bits per heavy atom. The van der Waals surface area contributed by atoms with Crippen molar-refractivity contribution >= 4 is 11.7 Å². The first-order valence-electron chi connectivity index (χ1n) is 8.07. The van der Waals surface area contributed by atoms with Crippen molar-refractivity contribution in [1.29, 1.82) is 0 Å². The quantitative estimate of drug-likeness (QED) is 0.451. The number of hydrogen-bond donors (Lipinski definition) is 3. The predicted molar refractivity (Wildman–Crippen MR) is 87.3 cm³/mol. The van der Waals surface area contributed by atoms with Gasteiger partial charge in [0.25, 0.3) is 0 Å². The molecule has 3 N–H and O–H groups in total. The third-order valence-electron chi connectivity index (χ3n) is 3.54. The number of carbonyl (C=O) groups is 2. The number of ketones is 1. The van der Waals surface area contributed by atoms with Gasteiger partial charge >= 0.3 is 0 Å². The molecule has 2 unspecified atom stereocenters. The minimum Gasteiger partial charge on any atom is -0.353 e. The summed E-state index contributed by atoms with van der Waals surface area (Å²) in [5.74, 6) is 0.586. The van der Waals surface area contributed by atoms with E-state index in [1.807, 2.05) is 14.1 Å². The van der Waals surface area contributed by atoms with Gasteiger partial charge in [0.05, 0.1) is 0 Å². The zero-order valence-corrected chi connectivity index (χ0v) is 14.1. The molecule has 0 spiro atoms. The predicted octanol–water partition coefficient (Wildman–Crippen LogP) is 1.48. The molecular weight excluding hydrogens is 266 g/mol. The number of carbonyl (C=O) groups excluding carboxylic acids is 2. The lowest BCUT2D eigenvalue weighted by Crippen LogP contribution is -2.37. The zero-order valence-electron chi connectivity index (χ0n) is 14.1. The summed E-state index contributed by atoms with van der Waals surface area (Å²) in [5, 5.41) is 9.23. The van der Waals surface area contributed by atoms with Gasteiger partial charge < -0.3 is 16.0 Å². The van der Waals surface area contributed by atoms with Gasteiger partial charge in [0, 0.05) is 18.9 Å². The van der Waals surface area contributed by atoms with E-state index in [0.717, 1.165) is 38.8 Å². The van der Waals surface area contributed by atoms with Gasteiger partial charge in [-0.15, -0.1) is 0 Å². The highest BCUT2D eigenvalue weighted by atomic mass is 16.1. The Morgan fingerprint density at radius 3 is 2.05 bits per heavy atom. The molecule has 1 amide bonds. The van der Waals surface area contributed by atoms with Crippen LogP contribution < -0.4 is 16.0 Å². The second-order valence-electron chi connectivity index (χ2n) is 5.97. The van der Waals surface area contributed by atoms with Crippen LogP contribution in [0.5, 0.6) is 0 Å². The summed E-state index contributed by atoms with van der Waals surface area (Å²) in [6, 6.07) is -0.0205. The van der Waals surface area contributed by atoms with Gasteiger partial charge in [0.15, 0.2) is 0 Å². The van der Waals surface area contributed by atoms with Gasteiger partial charge in [-0.1, -0.05) is 6.92 Å². The molecule has 0 bridgehead atoms. The van der Waals surface area contributed by atoms with E-state index in [4.69, 9.17) is 0 Å². The van der Waals surface area contributed by atoms with Crippen LogP contribution in [0.15, 0.2) is 0 Å². The second-order valence-corrected chi connectivity index (χ2v) is 5.97. The maximum absolute atomic E-state index is 12.1. The molecule has 0 fully saturated rings. The Kier molecular flexibility index (Phi) is 12.2. The number of nitrogens with one attached hydrogen (secondary N) is 3. The minimum absolute atomic E-state index is 0.0205. The average molecular weight is 299 g/mol. The van der Waals surface area contributed by atoms with E-state index in [9.17, 15) is 9.59 Å². The normalized spacial score (nSPS) is 13.7. The lowest BCUT2D eigenvalue weighted by Gasteiger charge is -2.19. The number of rotatable bonds is 13. The first kappa shape index (κ1) is 20.1. The van der Waals surface area contributed by atoms with Crippen molar-refractivity contribution in [2.75, 3.05) is 27.2 Å². The molecule has 5 nitrogen and oxygen atoms in total. The molecule has 0 aliphatic heterocycles. The SMILES string of the molecule is CNCCCC(C)CC(=O)NC(CCCNC)CC(C)=O. The topological polar surface area (TPSA) is 70.2 Å². The van der Waals surface area contributed by atoms with E-state index in [1.54, 1.807) is 6.92 Å². The summed E-state index contributed by atoms with van der Waals surface area (Å²) in [6.07, 6.45) is 4.93. The minimum atomic E-state index is -0.0205. The van der Waals surface area contributed by atoms with Gasteiger partial charge in [0.1, 0.15) is 5.78 Å². The van der Waals surface area contributed by atoms with E-state index in [0.29, 0.717) is 18.8 Å². The van der Waals surface area contributed by atoms with Crippen molar-refractivity contribution in [3.63, 3.8) is 0 Å². The molecule has 0 rings (SSSR count). The molecule has 0 saturated heterocycles. The van der Waals surface area contributed by atoms with Gasteiger partial charge in [-0.2, -0.15) is 0 Å². The summed E-state index contributed by atoms with van der Waals surface area (Å²) >= 11 is 0. The number of Topliss-reactive ketones (excluding diaryl/α,β-unsaturated/α-hetero) is 1. The van der Waals surface area contributed by atoms with E-state index >= 15 is 0 Å². The molecule has 5 heteroatoms. The molecule has 0 saturated carbocycles. The first-order chi connectivity index (χ1) is 9.99. The summed E-state index contributed by atoms with van der Waals surface area (Å²) in [6.45, 7) is 5.58. The first-order valence-corrected chi connectivity index (χ1v) is 8.07. The summed E-state index contributed by atoms with van der Waals surface area (Å²) in [5.41, 5.74) is 0. The maximum Gasteiger partial charge on any atom is 0.220 e. The molecule has 124 valence electrons. The lowest BCUT2D eigenvalue weighted by atomic mass is 10.00. The summed E-state index contributed by atoms with van der Waals surface area (Å²) < 4.78 is 0. The van der Waals surface area contributed by atoms with Crippen LogP contribution in [-0.4, -0.2) is 44.9 Å². The van der Waals surface area contributed by atoms with Crippen LogP contribution in [0.1, 0.15) is 52.4 Å². The van der Waals surface area contributed by atoms with Crippen molar-refractivity contribution in [3.8, 4) is 0 Å². The lowest BCUT2D eigenvalue weighted by molar-refractivity contribution is -0.123. The van der Waals surface area contributed by atoms with Crippen molar-refractivity contribution < 1.29 is 9.59 Å². The second kappa shape index (κ2) is 12.8. The summed E-state index contributed by atoms with van der Waals surface area (Å²) in [7, 11) is 3.85. The third kappa shape index (κ3) is 12.5. The molecular formula is C16H33N3O2. The molecule has 2 atom stereocenters. The van der Waals surface area contributed by atoms with Gasteiger partial charge in [-0.25, -0.2) is 0 Å². The Bertz CT molecular complexity index is 295. The van der Waals surface area contributed by atoms with Crippen LogP contribution in [0.4, 0.5) is 0 Å². The Hall–Kier alpha value is -0.940. The van der Waals surface area contributed by atoms with Crippen molar-refractivity contribution in [3.05, 3.63) is 0 Å². The standard InChI is InChI=1S/C16H33N3O2/c1-13(7-5-9-17-3)11-16(21)19-15(12-14(2)20)8-6-10-18-4/h13,15,17-18H,5-12H2,1-4H3,(H,19,21). The number of amides is 1. The van der Waals surface area contributed by atoms with E-state index in [2.05, 4.69) is 22.9 Å². The molecule has 0 heterocycles. The highest BCUT2D eigenvalue weighted by Gasteiger charge is 2.16. The van der Waals surface area contributed by atoms with E-state index in [1.165, 1.54) is 0 Å². The fourth-order valence-corrected chi connectivity index (χ4v) is 2.43. The van der Waals surface area contributed by atoms with Crippen molar-refractivity contribution in [2.24, 2.45) is 5.92 Å². The zero-order chi connectivity index (χ0) is 16.1. The van der Waals surface area contributed by atoms with Crippen molar-refractivity contribution in [2.45, 2.75) is 58.4 Å². The maximum atomic E-state index is 12.1. The van der Waals surface area contributed by atoms with Crippen LogP contribution >= 0.6 is 0 Å². The fraction of sp³-hybridized carbons (Fsp3) is 0.875. The van der Waals surface area contributed by atoms with Crippen LogP contribution in [0, 0.1) is 5.92 Å². The monoisotopic (exact) mass is 299 g/mol. The Balaban J connectivity index is 4.09.